The molecule has 28 heavy (non-hydrogen) atoms. The molecule has 1 atom stereocenters. The van der Waals surface area contributed by atoms with Crippen LogP contribution in [0.5, 0.6) is 5.75 Å². The zero-order chi connectivity index (χ0) is 19.7. The fourth-order valence-corrected chi connectivity index (χ4v) is 4.15. The summed E-state index contributed by atoms with van der Waals surface area (Å²) in [6.07, 6.45) is 3.59. The van der Waals surface area contributed by atoms with Crippen molar-refractivity contribution in [3.05, 3.63) is 59.3 Å². The minimum atomic E-state index is -0.662. The standard InChI is InChI=1S/C20H18N4O3S/c1-3-15(18(25)23-12-6-8-13(27-2)9-7-12)24-11-22-16-14-5-4-10-21-19(14)28-17(16)20(24)26/h4-11,15H,3H2,1-2H3,(H,23,25)/t15-/m0/s1. The molecule has 3 heterocycles. The van der Waals surface area contributed by atoms with Gasteiger partial charge in [-0.15, -0.1) is 11.3 Å². The molecule has 0 spiro atoms. The fraction of sp³-hybridized carbons (Fsp3) is 0.200. The van der Waals surface area contributed by atoms with Crippen LogP contribution in [0.1, 0.15) is 19.4 Å². The van der Waals surface area contributed by atoms with Gasteiger partial charge in [-0.2, -0.15) is 0 Å². The van der Waals surface area contributed by atoms with E-state index in [1.165, 1.54) is 22.2 Å². The minimum absolute atomic E-state index is 0.232. The molecule has 0 aliphatic heterocycles. The van der Waals surface area contributed by atoms with Crippen molar-refractivity contribution in [2.24, 2.45) is 0 Å². The molecule has 7 nitrogen and oxygen atoms in total. The molecule has 0 aliphatic carbocycles. The van der Waals surface area contributed by atoms with Crippen LogP contribution in [0.3, 0.4) is 0 Å². The molecule has 142 valence electrons. The van der Waals surface area contributed by atoms with Gasteiger partial charge >= 0.3 is 0 Å². The van der Waals surface area contributed by atoms with Crippen molar-refractivity contribution >= 4 is 43.4 Å². The second kappa shape index (κ2) is 7.40. The molecule has 4 aromatic rings. The lowest BCUT2D eigenvalue weighted by Gasteiger charge is -2.17. The van der Waals surface area contributed by atoms with Crippen LogP contribution in [0.2, 0.25) is 0 Å². The first kappa shape index (κ1) is 18.1. The van der Waals surface area contributed by atoms with E-state index in [4.69, 9.17) is 4.74 Å². The highest BCUT2D eigenvalue weighted by molar-refractivity contribution is 7.25. The molecule has 0 radical (unpaired) electrons. The Morgan fingerprint density at radius 2 is 2.04 bits per heavy atom. The van der Waals surface area contributed by atoms with Gasteiger partial charge in [0.25, 0.3) is 5.56 Å². The number of nitrogens with one attached hydrogen (secondary N) is 1. The van der Waals surface area contributed by atoms with Crippen LogP contribution in [-0.2, 0) is 4.79 Å². The number of aromatic nitrogens is 3. The van der Waals surface area contributed by atoms with Gasteiger partial charge < -0.3 is 10.1 Å². The summed E-state index contributed by atoms with van der Waals surface area (Å²) in [5, 5.41) is 3.70. The normalized spacial score (nSPS) is 12.2. The van der Waals surface area contributed by atoms with Crippen LogP contribution >= 0.6 is 11.3 Å². The molecular formula is C20H18N4O3S. The lowest BCUT2D eigenvalue weighted by atomic mass is 10.2. The number of methoxy groups -OCH3 is 1. The summed E-state index contributed by atoms with van der Waals surface area (Å²) in [6, 6.07) is 10.1. The average Bonchev–Trinajstić information content (AvgIpc) is 3.10. The maximum Gasteiger partial charge on any atom is 0.272 e. The van der Waals surface area contributed by atoms with Gasteiger partial charge in [-0.25, -0.2) is 9.97 Å². The molecule has 0 saturated carbocycles. The van der Waals surface area contributed by atoms with E-state index in [0.717, 1.165) is 10.2 Å². The van der Waals surface area contributed by atoms with E-state index in [-0.39, 0.29) is 11.5 Å². The number of hydrogen-bond acceptors (Lipinski definition) is 6. The van der Waals surface area contributed by atoms with Crippen molar-refractivity contribution in [3.8, 4) is 5.75 Å². The zero-order valence-corrected chi connectivity index (χ0v) is 16.2. The van der Waals surface area contributed by atoms with Crippen LogP contribution in [0, 0.1) is 0 Å². The Bertz CT molecular complexity index is 1210. The van der Waals surface area contributed by atoms with Crippen molar-refractivity contribution in [1.82, 2.24) is 14.5 Å². The molecule has 0 saturated heterocycles. The van der Waals surface area contributed by atoms with E-state index in [9.17, 15) is 9.59 Å². The lowest BCUT2D eigenvalue weighted by Crippen LogP contribution is -2.33. The Balaban J connectivity index is 1.69. The summed E-state index contributed by atoms with van der Waals surface area (Å²) >= 11 is 1.30. The Hall–Kier alpha value is -3.26. The van der Waals surface area contributed by atoms with Gasteiger partial charge in [-0.3, -0.25) is 14.2 Å². The van der Waals surface area contributed by atoms with Gasteiger partial charge in [0, 0.05) is 17.3 Å². The predicted molar refractivity (Wildman–Crippen MR) is 110 cm³/mol. The predicted octanol–water partition coefficient (Wildman–Crippen LogP) is 3.60. The third-order valence-corrected chi connectivity index (χ3v) is 5.65. The van der Waals surface area contributed by atoms with Gasteiger partial charge in [-0.1, -0.05) is 6.92 Å². The van der Waals surface area contributed by atoms with Crippen LogP contribution < -0.4 is 15.6 Å². The van der Waals surface area contributed by atoms with Gasteiger partial charge in [0.05, 0.1) is 19.0 Å². The molecule has 0 fully saturated rings. The summed E-state index contributed by atoms with van der Waals surface area (Å²) in [7, 11) is 1.58. The zero-order valence-electron chi connectivity index (χ0n) is 15.4. The number of hydrogen-bond donors (Lipinski definition) is 1. The SMILES string of the molecule is CC[C@@H](C(=O)Nc1ccc(OC)cc1)n1cnc2c(sc3ncccc32)c1=O. The number of fused-ring (bicyclic) bond motifs is 3. The number of anilines is 1. The maximum absolute atomic E-state index is 13.0. The summed E-state index contributed by atoms with van der Waals surface area (Å²) in [5.74, 6) is 0.435. The number of nitrogens with zero attached hydrogens (tertiary/aromatic N) is 3. The third kappa shape index (κ3) is 3.11. The Labute approximate surface area is 164 Å². The maximum atomic E-state index is 13.0. The number of amides is 1. The first-order valence-electron chi connectivity index (χ1n) is 8.81. The van der Waals surface area contributed by atoms with E-state index >= 15 is 0 Å². The van der Waals surface area contributed by atoms with E-state index in [2.05, 4.69) is 15.3 Å². The first-order valence-corrected chi connectivity index (χ1v) is 9.63. The van der Waals surface area contributed by atoms with Crippen LogP contribution in [-0.4, -0.2) is 27.6 Å². The second-order valence-electron chi connectivity index (χ2n) is 6.23. The van der Waals surface area contributed by atoms with E-state index in [1.807, 2.05) is 19.1 Å². The largest absolute Gasteiger partial charge is 0.497 e. The average molecular weight is 394 g/mol. The molecule has 1 amide bonds. The van der Waals surface area contributed by atoms with Crippen molar-refractivity contribution in [1.29, 1.82) is 0 Å². The van der Waals surface area contributed by atoms with Crippen LogP contribution in [0.25, 0.3) is 20.4 Å². The molecule has 0 aliphatic rings. The van der Waals surface area contributed by atoms with Crippen LogP contribution in [0.15, 0.2) is 53.7 Å². The molecule has 4 rings (SSSR count). The Kier molecular flexibility index (Phi) is 4.79. The molecule has 1 aromatic carbocycles. The number of benzene rings is 1. The van der Waals surface area contributed by atoms with Crippen molar-refractivity contribution in [2.45, 2.75) is 19.4 Å². The van der Waals surface area contributed by atoms with Crippen LogP contribution in [0.4, 0.5) is 5.69 Å². The first-order chi connectivity index (χ1) is 13.6. The van der Waals surface area contributed by atoms with E-state index < -0.39 is 6.04 Å². The van der Waals surface area contributed by atoms with Gasteiger partial charge in [0.1, 0.15) is 21.3 Å². The van der Waals surface area contributed by atoms with Gasteiger partial charge in [0.15, 0.2) is 0 Å². The molecule has 0 bridgehead atoms. The molecule has 0 unspecified atom stereocenters. The third-order valence-electron chi connectivity index (χ3n) is 4.56. The van der Waals surface area contributed by atoms with Gasteiger partial charge in [0.2, 0.25) is 5.91 Å². The second-order valence-corrected chi connectivity index (χ2v) is 7.23. The molecule has 3 aromatic heterocycles. The van der Waals surface area contributed by atoms with Crippen molar-refractivity contribution in [2.75, 3.05) is 12.4 Å². The quantitative estimate of drug-likeness (QED) is 0.559. The Morgan fingerprint density at radius 3 is 2.75 bits per heavy atom. The highest BCUT2D eigenvalue weighted by atomic mass is 32.1. The number of pyridine rings is 1. The Morgan fingerprint density at radius 1 is 1.25 bits per heavy atom. The monoisotopic (exact) mass is 394 g/mol. The summed E-state index contributed by atoms with van der Waals surface area (Å²) in [5.41, 5.74) is 1.03. The lowest BCUT2D eigenvalue weighted by molar-refractivity contribution is -0.119. The number of rotatable bonds is 5. The number of carbonyl (C=O) groups is 1. The summed E-state index contributed by atoms with van der Waals surface area (Å²) in [6.45, 7) is 1.86. The number of thiophene rings is 1. The fourth-order valence-electron chi connectivity index (χ4n) is 3.11. The number of carbonyl (C=O) groups excluding carboxylic acids is 1. The molecular weight excluding hydrogens is 376 g/mol. The highest BCUT2D eigenvalue weighted by Gasteiger charge is 2.22. The summed E-state index contributed by atoms with van der Waals surface area (Å²) in [4.78, 5) is 35.4. The van der Waals surface area contributed by atoms with E-state index in [0.29, 0.717) is 28.1 Å². The summed E-state index contributed by atoms with van der Waals surface area (Å²) < 4.78 is 7.03. The van der Waals surface area contributed by atoms with E-state index in [1.54, 1.807) is 37.6 Å². The highest BCUT2D eigenvalue weighted by Crippen LogP contribution is 2.28. The molecule has 1 N–H and O–H groups in total. The topological polar surface area (TPSA) is 86.1 Å². The minimum Gasteiger partial charge on any atom is -0.497 e. The van der Waals surface area contributed by atoms with Crippen molar-refractivity contribution in [3.63, 3.8) is 0 Å². The van der Waals surface area contributed by atoms with Crippen molar-refractivity contribution < 1.29 is 9.53 Å². The van der Waals surface area contributed by atoms with Gasteiger partial charge in [-0.05, 0) is 42.8 Å². The smallest absolute Gasteiger partial charge is 0.272 e. The number of ether oxygens (including phenoxy) is 1. The molecule has 8 heteroatoms.